The molecule has 0 aliphatic rings. The molecule has 13 heavy (non-hydrogen) atoms. The van der Waals surface area contributed by atoms with Gasteiger partial charge >= 0.3 is 0 Å². The minimum Gasteiger partial charge on any atom is -0.368 e. The van der Waals surface area contributed by atoms with Crippen LogP contribution in [0.15, 0.2) is 0 Å². The Kier molecular flexibility index (Phi) is 4.36. The SMILES string of the molecule is CC(NCC(C)(C)N(C)C)C(N)=O. The Labute approximate surface area is 80.5 Å². The molecule has 0 aliphatic carbocycles. The van der Waals surface area contributed by atoms with Gasteiger partial charge < -0.3 is 16.0 Å². The van der Waals surface area contributed by atoms with Crippen LogP contribution in [0.4, 0.5) is 0 Å². The number of primary amides is 1. The lowest BCUT2D eigenvalue weighted by Crippen LogP contribution is -2.51. The highest BCUT2D eigenvalue weighted by Crippen LogP contribution is 2.07. The fourth-order valence-electron chi connectivity index (χ4n) is 0.662. The molecular formula is C9H21N3O. The first-order valence-electron chi connectivity index (χ1n) is 4.47. The van der Waals surface area contributed by atoms with Crippen molar-refractivity contribution in [1.82, 2.24) is 10.2 Å². The van der Waals surface area contributed by atoms with E-state index in [0.29, 0.717) is 0 Å². The topological polar surface area (TPSA) is 58.4 Å². The standard InChI is InChI=1S/C9H21N3O/c1-7(8(10)13)11-6-9(2,3)12(4)5/h7,11H,6H2,1-5H3,(H2,10,13). The van der Waals surface area contributed by atoms with Gasteiger partial charge in [-0.3, -0.25) is 4.79 Å². The van der Waals surface area contributed by atoms with Crippen LogP contribution in [0.3, 0.4) is 0 Å². The van der Waals surface area contributed by atoms with Crippen molar-refractivity contribution in [1.29, 1.82) is 0 Å². The van der Waals surface area contributed by atoms with Crippen molar-refractivity contribution in [3.63, 3.8) is 0 Å². The van der Waals surface area contributed by atoms with E-state index in [2.05, 4.69) is 24.1 Å². The summed E-state index contributed by atoms with van der Waals surface area (Å²) in [5.41, 5.74) is 5.16. The van der Waals surface area contributed by atoms with E-state index in [1.807, 2.05) is 14.1 Å². The molecule has 0 aromatic rings. The summed E-state index contributed by atoms with van der Waals surface area (Å²) in [7, 11) is 4.02. The monoisotopic (exact) mass is 187 g/mol. The van der Waals surface area contributed by atoms with Crippen molar-refractivity contribution in [3.8, 4) is 0 Å². The normalized spacial score (nSPS) is 14.6. The molecule has 0 aromatic carbocycles. The number of rotatable bonds is 5. The third kappa shape index (κ3) is 4.24. The van der Waals surface area contributed by atoms with E-state index >= 15 is 0 Å². The predicted octanol–water partition coefficient (Wildman–Crippen LogP) is -0.210. The Balaban J connectivity index is 3.95. The molecule has 0 fully saturated rings. The maximum atomic E-state index is 10.7. The first-order chi connectivity index (χ1) is 5.77. The van der Waals surface area contributed by atoms with Crippen LogP contribution >= 0.6 is 0 Å². The van der Waals surface area contributed by atoms with Crippen LogP contribution in [0.2, 0.25) is 0 Å². The van der Waals surface area contributed by atoms with E-state index in [4.69, 9.17) is 5.73 Å². The first-order valence-corrected chi connectivity index (χ1v) is 4.47. The Morgan fingerprint density at radius 3 is 2.31 bits per heavy atom. The highest BCUT2D eigenvalue weighted by Gasteiger charge is 2.21. The van der Waals surface area contributed by atoms with Crippen molar-refractivity contribution >= 4 is 5.91 Å². The summed E-state index contributed by atoms with van der Waals surface area (Å²) in [5.74, 6) is -0.311. The summed E-state index contributed by atoms with van der Waals surface area (Å²) in [6, 6.07) is -0.265. The number of carbonyl (C=O) groups is 1. The summed E-state index contributed by atoms with van der Waals surface area (Å²) in [5, 5.41) is 3.09. The molecule has 3 N–H and O–H groups in total. The smallest absolute Gasteiger partial charge is 0.234 e. The average molecular weight is 187 g/mol. The van der Waals surface area contributed by atoms with Crippen molar-refractivity contribution in [2.45, 2.75) is 32.4 Å². The van der Waals surface area contributed by atoms with E-state index in [9.17, 15) is 4.79 Å². The van der Waals surface area contributed by atoms with E-state index < -0.39 is 0 Å². The van der Waals surface area contributed by atoms with Crippen molar-refractivity contribution in [3.05, 3.63) is 0 Å². The molecule has 0 rings (SSSR count). The molecule has 0 heterocycles. The number of amides is 1. The highest BCUT2D eigenvalue weighted by molar-refractivity contribution is 5.79. The predicted molar refractivity (Wildman–Crippen MR) is 54.4 cm³/mol. The summed E-state index contributed by atoms with van der Waals surface area (Å²) in [6.45, 7) is 6.72. The second-order valence-electron chi connectivity index (χ2n) is 4.21. The Morgan fingerprint density at radius 1 is 1.54 bits per heavy atom. The summed E-state index contributed by atoms with van der Waals surface area (Å²) < 4.78 is 0. The minimum atomic E-state index is -0.311. The quantitative estimate of drug-likeness (QED) is 0.626. The third-order valence-corrected chi connectivity index (χ3v) is 2.48. The Morgan fingerprint density at radius 2 is 2.00 bits per heavy atom. The molecule has 0 bridgehead atoms. The molecule has 1 unspecified atom stereocenters. The molecule has 0 aromatic heterocycles. The zero-order valence-electron chi connectivity index (χ0n) is 9.22. The van der Waals surface area contributed by atoms with Crippen LogP contribution in [0.1, 0.15) is 20.8 Å². The largest absolute Gasteiger partial charge is 0.368 e. The number of nitrogens with zero attached hydrogens (tertiary/aromatic N) is 1. The van der Waals surface area contributed by atoms with Crippen LogP contribution < -0.4 is 11.1 Å². The van der Waals surface area contributed by atoms with Gasteiger partial charge in [0.1, 0.15) is 0 Å². The van der Waals surface area contributed by atoms with Gasteiger partial charge in [0.05, 0.1) is 6.04 Å². The molecule has 4 heteroatoms. The minimum absolute atomic E-state index is 0.0315. The summed E-state index contributed by atoms with van der Waals surface area (Å²) in [6.07, 6.45) is 0. The Hall–Kier alpha value is -0.610. The second kappa shape index (κ2) is 4.58. The van der Waals surface area contributed by atoms with Crippen LogP contribution in [0.5, 0.6) is 0 Å². The van der Waals surface area contributed by atoms with Gasteiger partial charge in [0.25, 0.3) is 0 Å². The van der Waals surface area contributed by atoms with Crippen molar-refractivity contribution in [2.24, 2.45) is 5.73 Å². The van der Waals surface area contributed by atoms with E-state index in [-0.39, 0.29) is 17.5 Å². The number of nitrogens with two attached hydrogens (primary N) is 1. The molecular weight excluding hydrogens is 166 g/mol. The van der Waals surface area contributed by atoms with Gasteiger partial charge in [0.2, 0.25) is 5.91 Å². The summed E-state index contributed by atoms with van der Waals surface area (Å²) >= 11 is 0. The van der Waals surface area contributed by atoms with Crippen molar-refractivity contribution in [2.75, 3.05) is 20.6 Å². The van der Waals surface area contributed by atoms with E-state index in [1.165, 1.54) is 0 Å². The molecule has 0 aliphatic heterocycles. The molecule has 78 valence electrons. The van der Waals surface area contributed by atoms with Gasteiger partial charge in [-0.1, -0.05) is 0 Å². The van der Waals surface area contributed by atoms with Crippen LogP contribution in [-0.4, -0.2) is 43.0 Å². The van der Waals surface area contributed by atoms with Crippen LogP contribution in [0.25, 0.3) is 0 Å². The maximum Gasteiger partial charge on any atom is 0.234 e. The molecule has 0 spiro atoms. The molecule has 0 radical (unpaired) electrons. The lowest BCUT2D eigenvalue weighted by atomic mass is 10.0. The number of hydrogen-bond donors (Lipinski definition) is 2. The van der Waals surface area contributed by atoms with Gasteiger partial charge in [-0.15, -0.1) is 0 Å². The lowest BCUT2D eigenvalue weighted by molar-refractivity contribution is -0.119. The molecule has 1 amide bonds. The zero-order chi connectivity index (χ0) is 10.6. The van der Waals surface area contributed by atoms with Gasteiger partial charge in [0.15, 0.2) is 0 Å². The zero-order valence-corrected chi connectivity index (χ0v) is 9.22. The average Bonchev–Trinajstić information content (AvgIpc) is 1.99. The molecule has 0 saturated heterocycles. The second-order valence-corrected chi connectivity index (χ2v) is 4.21. The van der Waals surface area contributed by atoms with Gasteiger partial charge in [-0.05, 0) is 34.9 Å². The van der Waals surface area contributed by atoms with Crippen LogP contribution in [-0.2, 0) is 4.79 Å². The molecule has 1 atom stereocenters. The number of hydrogen-bond acceptors (Lipinski definition) is 3. The van der Waals surface area contributed by atoms with Crippen LogP contribution in [0, 0.1) is 0 Å². The van der Waals surface area contributed by atoms with Crippen molar-refractivity contribution < 1.29 is 4.79 Å². The fraction of sp³-hybridized carbons (Fsp3) is 0.889. The Bertz CT molecular complexity index is 178. The van der Waals surface area contributed by atoms with Gasteiger partial charge in [0, 0.05) is 12.1 Å². The third-order valence-electron chi connectivity index (χ3n) is 2.48. The number of carbonyl (C=O) groups excluding carboxylic acids is 1. The van der Waals surface area contributed by atoms with E-state index in [1.54, 1.807) is 6.92 Å². The van der Waals surface area contributed by atoms with Gasteiger partial charge in [-0.2, -0.15) is 0 Å². The molecule has 4 nitrogen and oxygen atoms in total. The summed E-state index contributed by atoms with van der Waals surface area (Å²) in [4.78, 5) is 12.8. The van der Waals surface area contributed by atoms with E-state index in [0.717, 1.165) is 6.54 Å². The number of likely N-dealkylation sites (N-methyl/N-ethyl adjacent to an activating group) is 1. The maximum absolute atomic E-state index is 10.7. The first kappa shape index (κ1) is 12.4. The molecule has 0 saturated carbocycles. The number of nitrogens with one attached hydrogen (secondary N) is 1. The lowest BCUT2D eigenvalue weighted by Gasteiger charge is -2.33. The fourth-order valence-corrected chi connectivity index (χ4v) is 0.662. The van der Waals surface area contributed by atoms with Gasteiger partial charge in [-0.25, -0.2) is 0 Å². The highest BCUT2D eigenvalue weighted by atomic mass is 16.1.